The normalized spacial score (nSPS) is 15.3. The number of amides is 1. The number of pyridine rings is 1. The second-order valence-corrected chi connectivity index (χ2v) is 5.75. The molecule has 1 aliphatic heterocycles. The van der Waals surface area contributed by atoms with Gasteiger partial charge in [-0.1, -0.05) is 6.07 Å². The molecule has 0 aliphatic carbocycles. The molecule has 2 heterocycles. The SMILES string of the molecule is CNCCC1CCN(CC(=O)NCc2cccnc2)CC1.Cl.Cl. The van der Waals surface area contributed by atoms with Crippen molar-refractivity contribution in [2.24, 2.45) is 5.92 Å². The summed E-state index contributed by atoms with van der Waals surface area (Å²) in [6.45, 7) is 4.24. The van der Waals surface area contributed by atoms with E-state index in [4.69, 9.17) is 0 Å². The smallest absolute Gasteiger partial charge is 0.234 e. The Morgan fingerprint density at radius 1 is 1.35 bits per heavy atom. The van der Waals surface area contributed by atoms with Gasteiger partial charge in [0, 0.05) is 18.9 Å². The van der Waals surface area contributed by atoms with Gasteiger partial charge in [0.05, 0.1) is 6.54 Å². The molecule has 0 atom stereocenters. The van der Waals surface area contributed by atoms with E-state index in [2.05, 4.69) is 20.5 Å². The maximum absolute atomic E-state index is 12.0. The average Bonchev–Trinajstić information content (AvgIpc) is 2.53. The molecule has 1 aromatic rings. The molecule has 132 valence electrons. The Bertz CT molecular complexity index is 425. The topological polar surface area (TPSA) is 57.3 Å². The minimum atomic E-state index is 0. The third-order valence-electron chi connectivity index (χ3n) is 4.09. The highest BCUT2D eigenvalue weighted by atomic mass is 35.5. The third-order valence-corrected chi connectivity index (χ3v) is 4.09. The van der Waals surface area contributed by atoms with Crippen molar-refractivity contribution in [3.63, 3.8) is 0 Å². The van der Waals surface area contributed by atoms with Crippen LogP contribution in [0.2, 0.25) is 0 Å². The van der Waals surface area contributed by atoms with E-state index in [-0.39, 0.29) is 30.7 Å². The standard InChI is InChI=1S/C16H26N4O.2ClH/c1-17-8-4-14-5-9-20(10-6-14)13-16(21)19-12-15-3-2-7-18-11-15;;/h2-3,7,11,14,17H,4-6,8-10,12-13H2,1H3,(H,19,21);2*1H. The van der Waals surface area contributed by atoms with Crippen LogP contribution in [0.15, 0.2) is 24.5 Å². The number of hydrogen-bond acceptors (Lipinski definition) is 4. The second kappa shape index (κ2) is 12.5. The molecule has 0 unspecified atom stereocenters. The molecule has 5 nitrogen and oxygen atoms in total. The van der Waals surface area contributed by atoms with Crippen molar-refractivity contribution in [2.45, 2.75) is 25.8 Å². The van der Waals surface area contributed by atoms with Crippen LogP contribution in [-0.4, -0.2) is 49.0 Å². The molecule has 2 N–H and O–H groups in total. The third kappa shape index (κ3) is 8.51. The molecule has 1 saturated heterocycles. The molecule has 1 fully saturated rings. The minimum Gasteiger partial charge on any atom is -0.351 e. The monoisotopic (exact) mass is 362 g/mol. The van der Waals surface area contributed by atoms with Gasteiger partial charge in [0.2, 0.25) is 5.91 Å². The highest BCUT2D eigenvalue weighted by Crippen LogP contribution is 2.19. The van der Waals surface area contributed by atoms with Gasteiger partial charge in [0.15, 0.2) is 0 Å². The molecule has 1 amide bonds. The highest BCUT2D eigenvalue weighted by Gasteiger charge is 2.20. The molecular weight excluding hydrogens is 335 g/mol. The van der Waals surface area contributed by atoms with Gasteiger partial charge in [0.25, 0.3) is 0 Å². The fourth-order valence-corrected chi connectivity index (χ4v) is 2.74. The first kappa shape index (κ1) is 22.1. The first-order chi connectivity index (χ1) is 10.3. The summed E-state index contributed by atoms with van der Waals surface area (Å²) in [6.07, 6.45) is 7.18. The summed E-state index contributed by atoms with van der Waals surface area (Å²) >= 11 is 0. The lowest BCUT2D eigenvalue weighted by Gasteiger charge is -2.31. The van der Waals surface area contributed by atoms with Crippen LogP contribution in [-0.2, 0) is 11.3 Å². The molecule has 1 aliphatic rings. The maximum Gasteiger partial charge on any atom is 0.234 e. The van der Waals surface area contributed by atoms with Gasteiger partial charge >= 0.3 is 0 Å². The van der Waals surface area contributed by atoms with E-state index in [1.807, 2.05) is 19.2 Å². The predicted molar refractivity (Wildman–Crippen MR) is 98.3 cm³/mol. The molecule has 0 aromatic carbocycles. The Kier molecular flexibility index (Phi) is 12.1. The zero-order chi connectivity index (χ0) is 14.9. The van der Waals surface area contributed by atoms with Crippen molar-refractivity contribution in [3.05, 3.63) is 30.1 Å². The van der Waals surface area contributed by atoms with Crippen molar-refractivity contribution in [2.75, 3.05) is 33.2 Å². The number of carbonyl (C=O) groups excluding carboxylic acids is 1. The van der Waals surface area contributed by atoms with E-state index in [9.17, 15) is 4.79 Å². The molecule has 0 bridgehead atoms. The van der Waals surface area contributed by atoms with Crippen molar-refractivity contribution >= 4 is 30.7 Å². The number of piperidine rings is 1. The lowest BCUT2D eigenvalue weighted by Crippen LogP contribution is -2.41. The molecule has 0 radical (unpaired) electrons. The largest absolute Gasteiger partial charge is 0.351 e. The van der Waals surface area contributed by atoms with Crippen LogP contribution in [0.25, 0.3) is 0 Å². The zero-order valence-electron chi connectivity index (χ0n) is 13.7. The highest BCUT2D eigenvalue weighted by molar-refractivity contribution is 5.85. The summed E-state index contributed by atoms with van der Waals surface area (Å²) in [7, 11) is 2.00. The summed E-state index contributed by atoms with van der Waals surface area (Å²) < 4.78 is 0. The van der Waals surface area contributed by atoms with Crippen molar-refractivity contribution < 1.29 is 4.79 Å². The van der Waals surface area contributed by atoms with Crippen LogP contribution in [0, 0.1) is 5.92 Å². The molecule has 0 spiro atoms. The van der Waals surface area contributed by atoms with Crippen LogP contribution < -0.4 is 10.6 Å². The number of nitrogens with one attached hydrogen (secondary N) is 2. The average molecular weight is 363 g/mol. The Morgan fingerprint density at radius 3 is 2.70 bits per heavy atom. The molecule has 7 heteroatoms. The summed E-state index contributed by atoms with van der Waals surface area (Å²) in [5.74, 6) is 0.916. The molecule has 0 saturated carbocycles. The van der Waals surface area contributed by atoms with Gasteiger partial charge in [-0.2, -0.15) is 0 Å². The van der Waals surface area contributed by atoms with Gasteiger partial charge in [-0.25, -0.2) is 0 Å². The van der Waals surface area contributed by atoms with Gasteiger partial charge in [0.1, 0.15) is 0 Å². The van der Waals surface area contributed by atoms with Crippen LogP contribution in [0.4, 0.5) is 0 Å². The number of likely N-dealkylation sites (tertiary alicyclic amines) is 1. The van der Waals surface area contributed by atoms with Crippen molar-refractivity contribution in [1.29, 1.82) is 0 Å². The summed E-state index contributed by atoms with van der Waals surface area (Å²) in [6, 6.07) is 3.86. The second-order valence-electron chi connectivity index (χ2n) is 5.75. The van der Waals surface area contributed by atoms with E-state index in [0.717, 1.165) is 31.1 Å². The fourth-order valence-electron chi connectivity index (χ4n) is 2.74. The van der Waals surface area contributed by atoms with Crippen LogP contribution in [0.5, 0.6) is 0 Å². The van der Waals surface area contributed by atoms with Gasteiger partial charge in [-0.05, 0) is 63.5 Å². The molecule has 23 heavy (non-hydrogen) atoms. The minimum absolute atomic E-state index is 0. The van der Waals surface area contributed by atoms with E-state index in [0.29, 0.717) is 13.1 Å². The van der Waals surface area contributed by atoms with E-state index in [1.54, 1.807) is 12.4 Å². The van der Waals surface area contributed by atoms with E-state index >= 15 is 0 Å². The number of halogens is 2. The number of rotatable bonds is 7. The lowest BCUT2D eigenvalue weighted by atomic mass is 9.93. The van der Waals surface area contributed by atoms with Gasteiger partial charge in [-0.15, -0.1) is 24.8 Å². The fraction of sp³-hybridized carbons (Fsp3) is 0.625. The van der Waals surface area contributed by atoms with Gasteiger partial charge < -0.3 is 10.6 Å². The lowest BCUT2D eigenvalue weighted by molar-refractivity contribution is -0.122. The number of carbonyl (C=O) groups is 1. The van der Waals surface area contributed by atoms with E-state index < -0.39 is 0 Å². The maximum atomic E-state index is 12.0. The predicted octanol–water partition coefficient (Wildman–Crippen LogP) is 1.86. The first-order valence-electron chi connectivity index (χ1n) is 7.80. The number of hydrogen-bond donors (Lipinski definition) is 2. The zero-order valence-corrected chi connectivity index (χ0v) is 15.3. The summed E-state index contributed by atoms with van der Waals surface area (Å²) in [5.41, 5.74) is 1.04. The molecule has 1 aromatic heterocycles. The van der Waals surface area contributed by atoms with Crippen LogP contribution in [0.3, 0.4) is 0 Å². The quantitative estimate of drug-likeness (QED) is 0.777. The Balaban J connectivity index is 0.00000242. The Hall–Kier alpha value is -0.880. The number of aromatic nitrogens is 1. The van der Waals surface area contributed by atoms with E-state index in [1.165, 1.54) is 19.3 Å². The summed E-state index contributed by atoms with van der Waals surface area (Å²) in [4.78, 5) is 18.3. The molecular formula is C16H28Cl2N4O. The molecule has 2 rings (SSSR count). The van der Waals surface area contributed by atoms with Crippen molar-refractivity contribution in [3.8, 4) is 0 Å². The first-order valence-corrected chi connectivity index (χ1v) is 7.80. The Labute approximate surface area is 151 Å². The van der Waals surface area contributed by atoms with Crippen LogP contribution in [0.1, 0.15) is 24.8 Å². The summed E-state index contributed by atoms with van der Waals surface area (Å²) in [5, 5.41) is 6.17. The number of nitrogens with zero attached hydrogens (tertiary/aromatic N) is 2. The van der Waals surface area contributed by atoms with Gasteiger partial charge in [-0.3, -0.25) is 14.7 Å². The van der Waals surface area contributed by atoms with Crippen molar-refractivity contribution in [1.82, 2.24) is 20.5 Å². The Morgan fingerprint density at radius 2 is 2.09 bits per heavy atom. The van der Waals surface area contributed by atoms with Crippen LogP contribution >= 0.6 is 24.8 Å².